The fraction of sp³-hybridized carbons (Fsp3) is 0.778. The van der Waals surface area contributed by atoms with Crippen molar-refractivity contribution < 1.29 is 9.59 Å². The van der Waals surface area contributed by atoms with Gasteiger partial charge in [0.1, 0.15) is 0 Å². The third kappa shape index (κ3) is 4.09. The van der Waals surface area contributed by atoms with Crippen LogP contribution < -0.4 is 16.4 Å². The molecule has 0 radical (unpaired) electrons. The van der Waals surface area contributed by atoms with Crippen LogP contribution in [0.5, 0.6) is 0 Å². The van der Waals surface area contributed by atoms with E-state index in [-0.39, 0.29) is 17.9 Å². The number of hydrogen-bond acceptors (Lipinski definition) is 4. The SMILES string of the molecule is CSCC[C@@H](N)C(=O)NC1CNC(=O)C1. The van der Waals surface area contributed by atoms with Gasteiger partial charge in [-0.25, -0.2) is 0 Å². The molecular weight excluding hydrogens is 214 g/mol. The van der Waals surface area contributed by atoms with Crippen molar-refractivity contribution in [2.24, 2.45) is 5.73 Å². The van der Waals surface area contributed by atoms with Crippen molar-refractivity contribution in [3.05, 3.63) is 0 Å². The van der Waals surface area contributed by atoms with Gasteiger partial charge in [0, 0.05) is 13.0 Å². The van der Waals surface area contributed by atoms with Crippen molar-refractivity contribution in [2.75, 3.05) is 18.6 Å². The van der Waals surface area contributed by atoms with Crippen molar-refractivity contribution in [1.82, 2.24) is 10.6 Å². The van der Waals surface area contributed by atoms with E-state index in [1.807, 2.05) is 6.26 Å². The Morgan fingerprint density at radius 3 is 3.07 bits per heavy atom. The number of nitrogens with two attached hydrogens (primary N) is 1. The molecule has 1 aliphatic rings. The molecule has 4 N–H and O–H groups in total. The summed E-state index contributed by atoms with van der Waals surface area (Å²) >= 11 is 1.66. The molecule has 86 valence electrons. The lowest BCUT2D eigenvalue weighted by Gasteiger charge is -2.15. The van der Waals surface area contributed by atoms with E-state index in [9.17, 15) is 9.59 Å². The topological polar surface area (TPSA) is 84.2 Å². The number of hydrogen-bond donors (Lipinski definition) is 3. The molecule has 6 heteroatoms. The summed E-state index contributed by atoms with van der Waals surface area (Å²) in [4.78, 5) is 22.4. The molecule has 2 atom stereocenters. The number of carbonyl (C=O) groups excluding carboxylic acids is 2. The lowest BCUT2D eigenvalue weighted by Crippen LogP contribution is -2.46. The number of nitrogens with one attached hydrogen (secondary N) is 2. The maximum absolute atomic E-state index is 11.5. The zero-order chi connectivity index (χ0) is 11.3. The molecule has 0 spiro atoms. The Labute approximate surface area is 93.5 Å². The van der Waals surface area contributed by atoms with E-state index < -0.39 is 6.04 Å². The third-order valence-electron chi connectivity index (χ3n) is 2.29. The summed E-state index contributed by atoms with van der Waals surface area (Å²) in [6.07, 6.45) is 3.01. The van der Waals surface area contributed by atoms with E-state index in [1.165, 1.54) is 0 Å². The molecule has 1 heterocycles. The Bertz CT molecular complexity index is 248. The van der Waals surface area contributed by atoms with E-state index in [0.29, 0.717) is 19.4 Å². The monoisotopic (exact) mass is 231 g/mol. The van der Waals surface area contributed by atoms with Gasteiger partial charge < -0.3 is 16.4 Å². The number of carbonyl (C=O) groups is 2. The average molecular weight is 231 g/mol. The molecule has 1 fully saturated rings. The van der Waals surface area contributed by atoms with Crippen molar-refractivity contribution in [3.8, 4) is 0 Å². The Morgan fingerprint density at radius 1 is 1.80 bits per heavy atom. The van der Waals surface area contributed by atoms with Gasteiger partial charge in [-0.05, 0) is 18.4 Å². The van der Waals surface area contributed by atoms with Crippen LogP contribution >= 0.6 is 11.8 Å². The van der Waals surface area contributed by atoms with E-state index in [4.69, 9.17) is 5.73 Å². The van der Waals surface area contributed by atoms with Crippen molar-refractivity contribution >= 4 is 23.6 Å². The molecule has 1 saturated heterocycles. The second-order valence-corrected chi connectivity index (χ2v) is 4.59. The normalized spacial score (nSPS) is 22.3. The highest BCUT2D eigenvalue weighted by molar-refractivity contribution is 7.98. The molecule has 15 heavy (non-hydrogen) atoms. The van der Waals surface area contributed by atoms with Crippen molar-refractivity contribution in [1.29, 1.82) is 0 Å². The molecular formula is C9H17N3O2S. The number of rotatable bonds is 5. The van der Waals surface area contributed by atoms with Crippen LogP contribution in [-0.4, -0.2) is 42.5 Å². The minimum Gasteiger partial charge on any atom is -0.354 e. The Morgan fingerprint density at radius 2 is 2.53 bits per heavy atom. The lowest BCUT2D eigenvalue weighted by atomic mass is 10.2. The summed E-state index contributed by atoms with van der Waals surface area (Å²) in [5.74, 6) is 0.694. The van der Waals surface area contributed by atoms with Gasteiger partial charge in [-0.2, -0.15) is 11.8 Å². The van der Waals surface area contributed by atoms with E-state index >= 15 is 0 Å². The first kappa shape index (κ1) is 12.3. The van der Waals surface area contributed by atoms with E-state index in [2.05, 4.69) is 10.6 Å². The smallest absolute Gasteiger partial charge is 0.237 e. The maximum Gasteiger partial charge on any atom is 0.237 e. The van der Waals surface area contributed by atoms with Crippen LogP contribution in [0.25, 0.3) is 0 Å². The summed E-state index contributed by atoms with van der Waals surface area (Å²) in [6, 6.07) is -0.557. The second kappa shape index (κ2) is 5.97. The summed E-state index contributed by atoms with van der Waals surface area (Å²) in [5, 5.41) is 5.42. The predicted molar refractivity (Wildman–Crippen MR) is 60.5 cm³/mol. The number of amides is 2. The summed E-state index contributed by atoms with van der Waals surface area (Å²) in [6.45, 7) is 0.514. The fourth-order valence-corrected chi connectivity index (χ4v) is 1.88. The van der Waals surface area contributed by atoms with Crippen LogP contribution in [0.4, 0.5) is 0 Å². The first-order chi connectivity index (χ1) is 7.13. The molecule has 1 rings (SSSR count). The quantitative estimate of drug-likeness (QED) is 0.571. The minimum atomic E-state index is -0.465. The standard InChI is InChI=1S/C9H17N3O2S/c1-15-3-2-7(10)9(14)12-6-4-8(13)11-5-6/h6-7H,2-5,10H2,1H3,(H,11,13)(H,12,14)/t6?,7-/m1/s1. The molecule has 0 aliphatic carbocycles. The van der Waals surface area contributed by atoms with Gasteiger partial charge in [0.05, 0.1) is 12.1 Å². The molecule has 0 bridgehead atoms. The lowest BCUT2D eigenvalue weighted by molar-refractivity contribution is -0.123. The minimum absolute atomic E-state index is 0.0158. The van der Waals surface area contributed by atoms with Gasteiger partial charge in [-0.3, -0.25) is 9.59 Å². The summed E-state index contributed by atoms with van der Waals surface area (Å²) in [5.41, 5.74) is 5.69. The number of thioether (sulfide) groups is 1. The van der Waals surface area contributed by atoms with Crippen LogP contribution in [0.3, 0.4) is 0 Å². The molecule has 1 unspecified atom stereocenters. The molecule has 1 aliphatic heterocycles. The fourth-order valence-electron chi connectivity index (χ4n) is 1.39. The Kier molecular flexibility index (Phi) is 4.90. The van der Waals surface area contributed by atoms with Crippen molar-refractivity contribution in [3.63, 3.8) is 0 Å². The summed E-state index contributed by atoms with van der Waals surface area (Å²) in [7, 11) is 0. The van der Waals surface area contributed by atoms with Gasteiger partial charge >= 0.3 is 0 Å². The van der Waals surface area contributed by atoms with Crippen LogP contribution in [0.15, 0.2) is 0 Å². The van der Waals surface area contributed by atoms with Gasteiger partial charge in [0.2, 0.25) is 11.8 Å². The third-order valence-corrected chi connectivity index (χ3v) is 2.94. The molecule has 0 aromatic rings. The largest absolute Gasteiger partial charge is 0.354 e. The first-order valence-electron chi connectivity index (χ1n) is 4.95. The highest BCUT2D eigenvalue weighted by Crippen LogP contribution is 2.02. The zero-order valence-electron chi connectivity index (χ0n) is 8.79. The van der Waals surface area contributed by atoms with Crippen LogP contribution in [-0.2, 0) is 9.59 Å². The Hall–Kier alpha value is -0.750. The highest BCUT2D eigenvalue weighted by Gasteiger charge is 2.24. The van der Waals surface area contributed by atoms with E-state index in [0.717, 1.165) is 5.75 Å². The molecule has 0 aromatic carbocycles. The molecule has 0 saturated carbocycles. The Balaban J connectivity index is 2.25. The average Bonchev–Trinajstić information content (AvgIpc) is 2.60. The van der Waals surface area contributed by atoms with Gasteiger partial charge in [-0.1, -0.05) is 0 Å². The van der Waals surface area contributed by atoms with Gasteiger partial charge in [0.15, 0.2) is 0 Å². The maximum atomic E-state index is 11.5. The molecule has 0 aromatic heterocycles. The predicted octanol–water partition coefficient (Wildman–Crippen LogP) is -0.928. The van der Waals surface area contributed by atoms with Gasteiger partial charge in [0.25, 0.3) is 0 Å². The van der Waals surface area contributed by atoms with E-state index in [1.54, 1.807) is 11.8 Å². The van der Waals surface area contributed by atoms with Crippen LogP contribution in [0.1, 0.15) is 12.8 Å². The zero-order valence-corrected chi connectivity index (χ0v) is 9.60. The first-order valence-corrected chi connectivity index (χ1v) is 6.34. The highest BCUT2D eigenvalue weighted by atomic mass is 32.2. The van der Waals surface area contributed by atoms with Gasteiger partial charge in [-0.15, -0.1) is 0 Å². The molecule has 5 nitrogen and oxygen atoms in total. The van der Waals surface area contributed by atoms with Crippen LogP contribution in [0, 0.1) is 0 Å². The van der Waals surface area contributed by atoms with Crippen LogP contribution in [0.2, 0.25) is 0 Å². The van der Waals surface area contributed by atoms with Crippen molar-refractivity contribution in [2.45, 2.75) is 24.9 Å². The second-order valence-electron chi connectivity index (χ2n) is 3.60. The molecule has 2 amide bonds. The summed E-state index contributed by atoms with van der Waals surface area (Å²) < 4.78 is 0.